The fraction of sp³-hybridized carbons (Fsp3) is 0.235. The van der Waals surface area contributed by atoms with E-state index in [4.69, 9.17) is 21.1 Å². The van der Waals surface area contributed by atoms with E-state index in [1.165, 1.54) is 32.4 Å². The summed E-state index contributed by atoms with van der Waals surface area (Å²) in [5, 5.41) is 2.95. The molecule has 0 radical (unpaired) electrons. The van der Waals surface area contributed by atoms with Gasteiger partial charge in [-0.05, 0) is 30.3 Å². The summed E-state index contributed by atoms with van der Waals surface area (Å²) in [5.41, 5.74) is 1.08. The predicted octanol–water partition coefficient (Wildman–Crippen LogP) is 2.66. The number of nitrogens with one attached hydrogen (secondary N) is 2. The molecule has 0 atom stereocenters. The molecule has 2 rings (SSSR count). The average molecular weight is 399 g/mol. The summed E-state index contributed by atoms with van der Waals surface area (Å²) in [4.78, 5) is 12.4. The molecule has 140 valence electrons. The number of sulfonamides is 1. The van der Waals surface area contributed by atoms with Gasteiger partial charge in [0, 0.05) is 5.56 Å². The van der Waals surface area contributed by atoms with E-state index in [1.54, 1.807) is 18.2 Å². The van der Waals surface area contributed by atoms with Crippen molar-refractivity contribution in [3.05, 3.63) is 52.5 Å². The lowest BCUT2D eigenvalue weighted by molar-refractivity contribution is 0.0950. The standard InChI is InChI=1S/C17H19ClN2O5S/c1-24-15-5-4-6-16(25-2)12(15)10-19-17(21)11-7-8-13(18)14(9-11)20-26(3,22)23/h4-9,20H,10H2,1-3H3,(H,19,21). The first kappa shape index (κ1) is 19.9. The quantitative estimate of drug-likeness (QED) is 0.747. The van der Waals surface area contributed by atoms with Crippen LogP contribution in [0.15, 0.2) is 36.4 Å². The van der Waals surface area contributed by atoms with Crippen LogP contribution in [0.4, 0.5) is 5.69 Å². The number of hydrogen-bond donors (Lipinski definition) is 2. The fourth-order valence-corrected chi connectivity index (χ4v) is 3.11. The Labute approximate surface area is 157 Å². The van der Waals surface area contributed by atoms with Gasteiger partial charge in [-0.1, -0.05) is 17.7 Å². The minimum absolute atomic E-state index is 0.136. The SMILES string of the molecule is COc1cccc(OC)c1CNC(=O)c1ccc(Cl)c(NS(C)(=O)=O)c1. The second-order valence-electron chi connectivity index (χ2n) is 5.39. The van der Waals surface area contributed by atoms with Crippen molar-refractivity contribution in [2.24, 2.45) is 0 Å². The first-order valence-electron chi connectivity index (χ1n) is 7.50. The van der Waals surface area contributed by atoms with Crippen LogP contribution in [-0.2, 0) is 16.6 Å². The molecular formula is C17H19ClN2O5S. The van der Waals surface area contributed by atoms with Gasteiger partial charge in [0.15, 0.2) is 0 Å². The van der Waals surface area contributed by atoms with Crippen LogP contribution in [0.1, 0.15) is 15.9 Å². The van der Waals surface area contributed by atoms with E-state index >= 15 is 0 Å². The van der Waals surface area contributed by atoms with Gasteiger partial charge in [0.25, 0.3) is 5.91 Å². The van der Waals surface area contributed by atoms with Crippen LogP contribution >= 0.6 is 11.6 Å². The van der Waals surface area contributed by atoms with Crippen molar-refractivity contribution in [2.75, 3.05) is 25.2 Å². The highest BCUT2D eigenvalue weighted by atomic mass is 35.5. The van der Waals surface area contributed by atoms with E-state index in [0.717, 1.165) is 6.26 Å². The number of hydrogen-bond acceptors (Lipinski definition) is 5. The summed E-state index contributed by atoms with van der Waals surface area (Å²) in [5.74, 6) is 0.770. The van der Waals surface area contributed by atoms with Gasteiger partial charge in [0.2, 0.25) is 10.0 Å². The van der Waals surface area contributed by atoms with Gasteiger partial charge in [0.05, 0.1) is 43.3 Å². The van der Waals surface area contributed by atoms with Crippen LogP contribution in [0.2, 0.25) is 5.02 Å². The predicted molar refractivity (Wildman–Crippen MR) is 101 cm³/mol. The molecule has 0 aliphatic heterocycles. The van der Waals surface area contributed by atoms with Crippen LogP contribution in [0.3, 0.4) is 0 Å². The molecule has 1 amide bonds. The van der Waals surface area contributed by atoms with E-state index < -0.39 is 15.9 Å². The maximum atomic E-state index is 12.4. The third-order valence-electron chi connectivity index (χ3n) is 3.48. The number of benzene rings is 2. The average Bonchev–Trinajstić information content (AvgIpc) is 2.59. The molecule has 0 aromatic heterocycles. The van der Waals surface area contributed by atoms with Gasteiger partial charge < -0.3 is 14.8 Å². The maximum absolute atomic E-state index is 12.4. The molecule has 0 heterocycles. The monoisotopic (exact) mass is 398 g/mol. The summed E-state index contributed by atoms with van der Waals surface area (Å²) >= 11 is 5.97. The molecule has 0 aliphatic carbocycles. The zero-order valence-electron chi connectivity index (χ0n) is 14.5. The molecule has 2 aromatic rings. The van der Waals surface area contributed by atoms with Crippen LogP contribution in [0, 0.1) is 0 Å². The molecule has 26 heavy (non-hydrogen) atoms. The molecule has 2 aromatic carbocycles. The highest BCUT2D eigenvalue weighted by molar-refractivity contribution is 7.92. The second-order valence-corrected chi connectivity index (χ2v) is 7.55. The highest BCUT2D eigenvalue weighted by Crippen LogP contribution is 2.28. The minimum Gasteiger partial charge on any atom is -0.496 e. The van der Waals surface area contributed by atoms with E-state index in [9.17, 15) is 13.2 Å². The number of amides is 1. The molecule has 0 unspecified atom stereocenters. The summed E-state index contributed by atoms with van der Waals surface area (Å²) in [6.45, 7) is 0.170. The van der Waals surface area contributed by atoms with Crippen molar-refractivity contribution < 1.29 is 22.7 Å². The molecular weight excluding hydrogens is 380 g/mol. The van der Waals surface area contributed by atoms with Crippen molar-refractivity contribution in [1.29, 1.82) is 0 Å². The van der Waals surface area contributed by atoms with E-state index in [1.807, 2.05) is 0 Å². The Morgan fingerprint density at radius 2 is 1.73 bits per heavy atom. The number of ether oxygens (including phenoxy) is 2. The van der Waals surface area contributed by atoms with Gasteiger partial charge in [-0.3, -0.25) is 9.52 Å². The van der Waals surface area contributed by atoms with Crippen LogP contribution in [-0.4, -0.2) is 34.8 Å². The van der Waals surface area contributed by atoms with E-state index in [0.29, 0.717) is 17.1 Å². The Bertz CT molecular complexity index is 893. The summed E-state index contributed by atoms with van der Waals surface area (Å²) in [6.07, 6.45) is 1.00. The highest BCUT2D eigenvalue weighted by Gasteiger charge is 2.14. The number of rotatable bonds is 7. The van der Waals surface area contributed by atoms with Crippen molar-refractivity contribution >= 4 is 33.2 Å². The number of methoxy groups -OCH3 is 2. The van der Waals surface area contributed by atoms with Crippen molar-refractivity contribution in [1.82, 2.24) is 5.32 Å². The largest absolute Gasteiger partial charge is 0.496 e. The Morgan fingerprint density at radius 1 is 1.12 bits per heavy atom. The molecule has 2 N–H and O–H groups in total. The molecule has 0 bridgehead atoms. The summed E-state index contributed by atoms with van der Waals surface area (Å²) < 4.78 is 35.6. The molecule has 0 fully saturated rings. The van der Waals surface area contributed by atoms with Gasteiger partial charge >= 0.3 is 0 Å². The molecule has 0 saturated heterocycles. The third-order valence-corrected chi connectivity index (χ3v) is 4.40. The van der Waals surface area contributed by atoms with E-state index in [-0.39, 0.29) is 22.8 Å². The Morgan fingerprint density at radius 3 is 2.27 bits per heavy atom. The lowest BCUT2D eigenvalue weighted by Crippen LogP contribution is -2.23. The second kappa shape index (κ2) is 8.29. The fourth-order valence-electron chi connectivity index (χ4n) is 2.32. The molecule has 9 heteroatoms. The molecule has 0 saturated carbocycles. The minimum atomic E-state index is -3.51. The van der Waals surface area contributed by atoms with Gasteiger partial charge in [-0.25, -0.2) is 8.42 Å². The topological polar surface area (TPSA) is 93.7 Å². The van der Waals surface area contributed by atoms with Crippen molar-refractivity contribution in [3.63, 3.8) is 0 Å². The maximum Gasteiger partial charge on any atom is 0.251 e. The lowest BCUT2D eigenvalue weighted by atomic mass is 10.1. The summed E-state index contributed by atoms with van der Waals surface area (Å²) in [6, 6.07) is 9.64. The molecule has 7 nitrogen and oxygen atoms in total. The number of anilines is 1. The van der Waals surface area contributed by atoms with Crippen LogP contribution < -0.4 is 19.5 Å². The normalized spacial score (nSPS) is 10.9. The van der Waals surface area contributed by atoms with Gasteiger partial charge in [-0.15, -0.1) is 0 Å². The lowest BCUT2D eigenvalue weighted by Gasteiger charge is -2.14. The zero-order valence-corrected chi connectivity index (χ0v) is 16.1. The van der Waals surface area contributed by atoms with E-state index in [2.05, 4.69) is 10.0 Å². The van der Waals surface area contributed by atoms with Gasteiger partial charge in [0.1, 0.15) is 11.5 Å². The molecule has 0 spiro atoms. The number of carbonyl (C=O) groups excluding carboxylic acids is 1. The van der Waals surface area contributed by atoms with Crippen LogP contribution in [0.5, 0.6) is 11.5 Å². The zero-order chi connectivity index (χ0) is 19.3. The molecule has 0 aliphatic rings. The Hall–Kier alpha value is -2.45. The number of carbonyl (C=O) groups is 1. The smallest absolute Gasteiger partial charge is 0.251 e. The first-order valence-corrected chi connectivity index (χ1v) is 9.77. The Kier molecular flexibility index (Phi) is 6.33. The van der Waals surface area contributed by atoms with Crippen molar-refractivity contribution in [2.45, 2.75) is 6.54 Å². The van der Waals surface area contributed by atoms with Gasteiger partial charge in [-0.2, -0.15) is 0 Å². The number of halogens is 1. The Balaban J connectivity index is 2.20. The first-order chi connectivity index (χ1) is 12.2. The van der Waals surface area contributed by atoms with Crippen molar-refractivity contribution in [3.8, 4) is 11.5 Å². The summed E-state index contributed by atoms with van der Waals surface area (Å²) in [7, 11) is -0.454. The third kappa shape index (κ3) is 5.03. The van der Waals surface area contributed by atoms with Crippen LogP contribution in [0.25, 0.3) is 0 Å².